The molecule has 0 bridgehead atoms. The first kappa shape index (κ1) is 23.2. The average molecular weight is 340 g/mol. The Morgan fingerprint density at radius 3 is 1.88 bits per heavy atom. The summed E-state index contributed by atoms with van der Waals surface area (Å²) in [7, 11) is 0. The van der Waals surface area contributed by atoms with E-state index in [4.69, 9.17) is 4.74 Å². The lowest BCUT2D eigenvalue weighted by Crippen LogP contribution is -2.34. The molecule has 0 aliphatic rings. The van der Waals surface area contributed by atoms with Gasteiger partial charge < -0.3 is 9.64 Å². The topological polar surface area (TPSA) is 29.5 Å². The Labute approximate surface area is 150 Å². The molecular weight excluding hydrogens is 298 g/mol. The van der Waals surface area contributed by atoms with Crippen LogP contribution in [0, 0.1) is 0 Å². The van der Waals surface area contributed by atoms with Gasteiger partial charge in [-0.15, -0.1) is 0 Å². The Bertz CT molecular complexity index is 300. The van der Waals surface area contributed by atoms with Gasteiger partial charge >= 0.3 is 5.97 Å². The summed E-state index contributed by atoms with van der Waals surface area (Å²) in [5.41, 5.74) is 0. The zero-order valence-electron chi connectivity index (χ0n) is 16.5. The molecule has 0 aliphatic heterocycles. The van der Waals surface area contributed by atoms with E-state index in [0.717, 1.165) is 32.5 Å². The minimum atomic E-state index is -0.292. The second kappa shape index (κ2) is 17.0. The third-order valence-electron chi connectivity index (χ3n) is 4.69. The monoisotopic (exact) mass is 339 g/mol. The highest BCUT2D eigenvalue weighted by atomic mass is 16.5. The van der Waals surface area contributed by atoms with Crippen LogP contribution in [0.5, 0.6) is 0 Å². The first-order chi connectivity index (χ1) is 11.7. The van der Waals surface area contributed by atoms with Crippen LogP contribution in [0.2, 0.25) is 0 Å². The molecule has 0 rings (SSSR count). The Morgan fingerprint density at radius 1 is 0.917 bits per heavy atom. The molecule has 1 atom stereocenters. The minimum absolute atomic E-state index is 0.00411. The highest BCUT2D eigenvalue weighted by molar-refractivity contribution is 5.81. The predicted molar refractivity (Wildman–Crippen MR) is 104 cm³/mol. The van der Waals surface area contributed by atoms with Crippen molar-refractivity contribution in [3.05, 3.63) is 12.7 Å². The highest BCUT2D eigenvalue weighted by Crippen LogP contribution is 2.14. The van der Waals surface area contributed by atoms with E-state index >= 15 is 0 Å². The smallest absolute Gasteiger partial charge is 0.330 e. The summed E-state index contributed by atoms with van der Waals surface area (Å²) in [6.07, 6.45) is 15.6. The van der Waals surface area contributed by atoms with Gasteiger partial charge in [0.2, 0.25) is 0 Å². The van der Waals surface area contributed by atoms with Crippen LogP contribution in [-0.2, 0) is 9.53 Å². The molecule has 0 aromatic carbocycles. The minimum Gasteiger partial charge on any atom is -0.458 e. The summed E-state index contributed by atoms with van der Waals surface area (Å²) in [6.45, 7) is 12.9. The van der Waals surface area contributed by atoms with Crippen molar-refractivity contribution >= 4 is 5.97 Å². The van der Waals surface area contributed by atoms with Crippen LogP contribution < -0.4 is 0 Å². The molecule has 0 aromatic heterocycles. The molecule has 0 aliphatic carbocycles. The molecule has 142 valence electrons. The Balaban J connectivity index is 3.80. The molecule has 0 spiro atoms. The van der Waals surface area contributed by atoms with Crippen LogP contribution in [0.25, 0.3) is 0 Å². The van der Waals surface area contributed by atoms with E-state index in [1.165, 1.54) is 63.9 Å². The number of hydrogen-bond acceptors (Lipinski definition) is 3. The standard InChI is InChI=1S/C21H41NO2/c1-5-9-10-11-12-13-14-15-16-17-18-20(24-21(23)6-2)19-22(7-3)8-4/h6,20H,2,5,7-19H2,1,3-4H3. The first-order valence-corrected chi connectivity index (χ1v) is 10.2. The number of nitrogens with zero attached hydrogens (tertiary/aromatic N) is 1. The van der Waals surface area contributed by atoms with E-state index in [1.54, 1.807) is 0 Å². The Kier molecular flexibility index (Phi) is 16.4. The lowest BCUT2D eigenvalue weighted by atomic mass is 10.0. The summed E-state index contributed by atoms with van der Waals surface area (Å²) >= 11 is 0. The summed E-state index contributed by atoms with van der Waals surface area (Å²) in [6, 6.07) is 0. The third kappa shape index (κ3) is 13.6. The van der Waals surface area contributed by atoms with Crippen molar-refractivity contribution in [1.29, 1.82) is 0 Å². The van der Waals surface area contributed by atoms with Gasteiger partial charge in [-0.05, 0) is 25.9 Å². The van der Waals surface area contributed by atoms with Crippen molar-refractivity contribution in [3.63, 3.8) is 0 Å². The van der Waals surface area contributed by atoms with Gasteiger partial charge in [0.15, 0.2) is 0 Å². The molecule has 0 N–H and O–H groups in total. The molecule has 3 nitrogen and oxygen atoms in total. The highest BCUT2D eigenvalue weighted by Gasteiger charge is 2.15. The van der Waals surface area contributed by atoms with Crippen LogP contribution in [0.1, 0.15) is 91.4 Å². The van der Waals surface area contributed by atoms with Gasteiger partial charge in [-0.25, -0.2) is 4.79 Å². The van der Waals surface area contributed by atoms with E-state index in [-0.39, 0.29) is 12.1 Å². The number of likely N-dealkylation sites (N-methyl/N-ethyl adjacent to an activating group) is 1. The zero-order valence-corrected chi connectivity index (χ0v) is 16.5. The van der Waals surface area contributed by atoms with E-state index in [1.807, 2.05) is 0 Å². The van der Waals surface area contributed by atoms with Crippen molar-refractivity contribution in [2.24, 2.45) is 0 Å². The van der Waals surface area contributed by atoms with E-state index in [9.17, 15) is 4.79 Å². The molecule has 3 heteroatoms. The molecule has 0 fully saturated rings. The maximum Gasteiger partial charge on any atom is 0.330 e. The van der Waals surface area contributed by atoms with Gasteiger partial charge in [0.05, 0.1) is 0 Å². The normalized spacial score (nSPS) is 12.3. The van der Waals surface area contributed by atoms with Gasteiger partial charge in [0.1, 0.15) is 6.10 Å². The van der Waals surface area contributed by atoms with Gasteiger partial charge in [0, 0.05) is 12.6 Å². The fourth-order valence-electron chi connectivity index (χ4n) is 3.03. The third-order valence-corrected chi connectivity index (χ3v) is 4.69. The maximum absolute atomic E-state index is 11.5. The van der Waals surface area contributed by atoms with Crippen LogP contribution in [0.4, 0.5) is 0 Å². The zero-order chi connectivity index (χ0) is 18.0. The summed E-state index contributed by atoms with van der Waals surface area (Å²) in [4.78, 5) is 13.8. The van der Waals surface area contributed by atoms with Crippen molar-refractivity contribution in [2.45, 2.75) is 97.5 Å². The summed E-state index contributed by atoms with van der Waals surface area (Å²) in [5.74, 6) is -0.292. The molecule has 0 saturated carbocycles. The molecule has 24 heavy (non-hydrogen) atoms. The van der Waals surface area contributed by atoms with E-state index in [2.05, 4.69) is 32.3 Å². The van der Waals surface area contributed by atoms with Crippen LogP contribution in [0.15, 0.2) is 12.7 Å². The quantitative estimate of drug-likeness (QED) is 0.192. The van der Waals surface area contributed by atoms with Gasteiger partial charge in [-0.1, -0.05) is 85.1 Å². The van der Waals surface area contributed by atoms with Crippen molar-refractivity contribution in [2.75, 3.05) is 19.6 Å². The van der Waals surface area contributed by atoms with Gasteiger partial charge in [-0.3, -0.25) is 0 Å². The number of ether oxygens (including phenoxy) is 1. The van der Waals surface area contributed by atoms with Crippen LogP contribution >= 0.6 is 0 Å². The number of rotatable bonds is 17. The predicted octanol–water partition coefficient (Wildman–Crippen LogP) is 5.74. The van der Waals surface area contributed by atoms with E-state index < -0.39 is 0 Å². The number of carbonyl (C=O) groups excluding carboxylic acids is 1. The fourth-order valence-corrected chi connectivity index (χ4v) is 3.03. The molecule has 0 saturated heterocycles. The van der Waals surface area contributed by atoms with Gasteiger partial charge in [0.25, 0.3) is 0 Å². The first-order valence-electron chi connectivity index (χ1n) is 10.2. The fraction of sp³-hybridized carbons (Fsp3) is 0.857. The molecule has 0 amide bonds. The molecule has 0 heterocycles. The van der Waals surface area contributed by atoms with Crippen molar-refractivity contribution < 1.29 is 9.53 Å². The van der Waals surface area contributed by atoms with Crippen LogP contribution in [-0.4, -0.2) is 36.6 Å². The second-order valence-electron chi connectivity index (χ2n) is 6.72. The van der Waals surface area contributed by atoms with Crippen molar-refractivity contribution in [3.8, 4) is 0 Å². The SMILES string of the molecule is C=CC(=O)OC(CCCCCCCCCCCC)CN(CC)CC. The van der Waals surface area contributed by atoms with Crippen molar-refractivity contribution in [1.82, 2.24) is 4.90 Å². The van der Waals surface area contributed by atoms with Gasteiger partial charge in [-0.2, -0.15) is 0 Å². The average Bonchev–Trinajstić information content (AvgIpc) is 2.60. The maximum atomic E-state index is 11.5. The lowest BCUT2D eigenvalue weighted by Gasteiger charge is -2.25. The summed E-state index contributed by atoms with van der Waals surface area (Å²) < 4.78 is 5.52. The molecule has 0 aromatic rings. The number of esters is 1. The largest absolute Gasteiger partial charge is 0.458 e. The number of unbranched alkanes of at least 4 members (excludes halogenated alkanes) is 9. The van der Waals surface area contributed by atoms with E-state index in [0.29, 0.717) is 0 Å². The second-order valence-corrected chi connectivity index (χ2v) is 6.72. The molecule has 1 unspecified atom stereocenters. The Hall–Kier alpha value is -0.830. The Morgan fingerprint density at radius 2 is 1.42 bits per heavy atom. The number of carbonyl (C=O) groups is 1. The number of hydrogen-bond donors (Lipinski definition) is 0. The summed E-state index contributed by atoms with van der Waals surface area (Å²) in [5, 5.41) is 0. The molecular formula is C21H41NO2. The van der Waals surface area contributed by atoms with Crippen LogP contribution in [0.3, 0.4) is 0 Å². The lowest BCUT2D eigenvalue weighted by molar-refractivity contribution is -0.144. The molecule has 0 radical (unpaired) electrons.